The molecule has 0 aromatic rings. The summed E-state index contributed by atoms with van der Waals surface area (Å²) in [4.78, 5) is 4.28. The molecule has 2 N–H and O–H groups in total. The van der Waals surface area contributed by atoms with Gasteiger partial charge < -0.3 is 10.5 Å². The lowest BCUT2D eigenvalue weighted by molar-refractivity contribution is 0.182. The number of hydrogen-bond donors (Lipinski definition) is 1. The van der Waals surface area contributed by atoms with Crippen LogP contribution in [0.4, 0.5) is 0 Å². The molecule has 0 aliphatic carbocycles. The molecule has 0 spiro atoms. The maximum absolute atomic E-state index is 5.45. The van der Waals surface area contributed by atoms with E-state index in [1.807, 2.05) is 6.92 Å². The predicted octanol–water partition coefficient (Wildman–Crippen LogP) is 0.542. The van der Waals surface area contributed by atoms with Crippen molar-refractivity contribution in [1.29, 1.82) is 0 Å². The van der Waals surface area contributed by atoms with E-state index in [9.17, 15) is 0 Å². The van der Waals surface area contributed by atoms with E-state index in [1.54, 1.807) is 0 Å². The first-order chi connectivity index (χ1) is 4.62. The van der Waals surface area contributed by atoms with Crippen LogP contribution in [0.1, 0.15) is 20.3 Å². The van der Waals surface area contributed by atoms with Gasteiger partial charge in [-0.2, -0.15) is 0 Å². The van der Waals surface area contributed by atoms with Crippen LogP contribution in [-0.2, 0) is 4.74 Å². The summed E-state index contributed by atoms with van der Waals surface area (Å²) in [5.41, 5.74) is 5.41. The van der Waals surface area contributed by atoms with E-state index in [1.165, 1.54) is 0 Å². The number of hydrogen-bond acceptors (Lipinski definition) is 2. The molecule has 1 heterocycles. The number of rotatable bonds is 1. The molecule has 0 aromatic carbocycles. The summed E-state index contributed by atoms with van der Waals surface area (Å²) in [7, 11) is 0. The number of nitrogens with two attached hydrogens (primary N) is 1. The standard InChI is InChI=1S/C7H14N2O/c1-6(8)9-7(2)3-4-10-5-7/h3-5H2,1-2H3,(H2,8,9). The minimum Gasteiger partial charge on any atom is -0.388 e. The highest BCUT2D eigenvalue weighted by atomic mass is 16.5. The average molecular weight is 142 g/mol. The molecule has 58 valence electrons. The fourth-order valence-corrected chi connectivity index (χ4v) is 1.17. The molecule has 0 amide bonds. The van der Waals surface area contributed by atoms with Gasteiger partial charge in [-0.15, -0.1) is 0 Å². The molecule has 1 aliphatic rings. The Morgan fingerprint density at radius 2 is 2.40 bits per heavy atom. The molecule has 1 unspecified atom stereocenters. The quantitative estimate of drug-likeness (QED) is 0.429. The Hall–Kier alpha value is -0.570. The Balaban J connectivity index is 2.59. The molecule has 3 heteroatoms. The van der Waals surface area contributed by atoms with Gasteiger partial charge in [-0.25, -0.2) is 0 Å². The van der Waals surface area contributed by atoms with Crippen LogP contribution < -0.4 is 5.73 Å². The van der Waals surface area contributed by atoms with Gasteiger partial charge in [-0.05, 0) is 20.3 Å². The second-order valence-corrected chi connectivity index (χ2v) is 3.05. The monoisotopic (exact) mass is 142 g/mol. The van der Waals surface area contributed by atoms with Gasteiger partial charge in [0.1, 0.15) is 0 Å². The second kappa shape index (κ2) is 2.58. The fourth-order valence-electron chi connectivity index (χ4n) is 1.17. The number of nitrogens with zero attached hydrogens (tertiary/aromatic N) is 1. The molecule has 1 saturated heterocycles. The summed E-state index contributed by atoms with van der Waals surface area (Å²) in [6.45, 7) is 5.40. The van der Waals surface area contributed by atoms with Crippen LogP contribution in [-0.4, -0.2) is 24.6 Å². The minimum atomic E-state index is -0.0428. The first-order valence-electron chi connectivity index (χ1n) is 3.52. The highest BCUT2D eigenvalue weighted by Gasteiger charge is 2.28. The molecule has 0 saturated carbocycles. The van der Waals surface area contributed by atoms with Crippen molar-refractivity contribution < 1.29 is 4.74 Å². The molecule has 3 nitrogen and oxygen atoms in total. The molecule has 1 fully saturated rings. The van der Waals surface area contributed by atoms with Gasteiger partial charge in [0.15, 0.2) is 0 Å². The van der Waals surface area contributed by atoms with Gasteiger partial charge in [0.25, 0.3) is 0 Å². The van der Waals surface area contributed by atoms with Crippen molar-refractivity contribution in [2.75, 3.05) is 13.2 Å². The highest BCUT2D eigenvalue weighted by Crippen LogP contribution is 2.21. The Morgan fingerprint density at radius 1 is 1.70 bits per heavy atom. The van der Waals surface area contributed by atoms with Gasteiger partial charge in [0.2, 0.25) is 0 Å². The second-order valence-electron chi connectivity index (χ2n) is 3.05. The predicted molar refractivity (Wildman–Crippen MR) is 41.1 cm³/mol. The van der Waals surface area contributed by atoms with Crippen LogP contribution in [0.15, 0.2) is 4.99 Å². The summed E-state index contributed by atoms with van der Waals surface area (Å²) >= 11 is 0. The van der Waals surface area contributed by atoms with Gasteiger partial charge >= 0.3 is 0 Å². The Bertz CT molecular complexity index is 144. The summed E-state index contributed by atoms with van der Waals surface area (Å²) in [6, 6.07) is 0. The zero-order chi connectivity index (χ0) is 7.61. The smallest absolute Gasteiger partial charge is 0.0913 e. The normalized spacial score (nSPS) is 34.8. The maximum Gasteiger partial charge on any atom is 0.0913 e. The SMILES string of the molecule is CC(N)=NC1(C)CCOC1. The Morgan fingerprint density at radius 3 is 2.80 bits per heavy atom. The lowest BCUT2D eigenvalue weighted by atomic mass is 10.0. The molecule has 10 heavy (non-hydrogen) atoms. The van der Waals surface area contributed by atoms with Crippen LogP contribution >= 0.6 is 0 Å². The topological polar surface area (TPSA) is 47.6 Å². The summed E-state index contributed by atoms with van der Waals surface area (Å²) < 4.78 is 5.20. The first kappa shape index (κ1) is 7.54. The maximum atomic E-state index is 5.45. The molecular formula is C7H14N2O. The van der Waals surface area contributed by atoms with Gasteiger partial charge in [0, 0.05) is 6.61 Å². The van der Waals surface area contributed by atoms with Gasteiger partial charge in [-0.3, -0.25) is 4.99 Å². The summed E-state index contributed by atoms with van der Waals surface area (Å²) in [5.74, 6) is 0.646. The van der Waals surface area contributed by atoms with Crippen LogP contribution in [0.2, 0.25) is 0 Å². The molecule has 0 aromatic heterocycles. The summed E-state index contributed by atoms with van der Waals surface area (Å²) in [5, 5.41) is 0. The van der Waals surface area contributed by atoms with Crippen molar-refractivity contribution >= 4 is 5.84 Å². The van der Waals surface area contributed by atoms with Crippen molar-refractivity contribution in [2.45, 2.75) is 25.8 Å². The van der Waals surface area contributed by atoms with Crippen molar-refractivity contribution in [1.82, 2.24) is 0 Å². The lowest BCUT2D eigenvalue weighted by Crippen LogP contribution is -2.25. The fraction of sp³-hybridized carbons (Fsp3) is 0.857. The molecule has 0 bridgehead atoms. The Kier molecular flexibility index (Phi) is 1.94. The van der Waals surface area contributed by atoms with E-state index in [-0.39, 0.29) is 5.54 Å². The number of aliphatic imine (C=N–C) groups is 1. The molecule has 1 rings (SSSR count). The van der Waals surface area contributed by atoms with E-state index in [0.717, 1.165) is 13.0 Å². The van der Waals surface area contributed by atoms with E-state index in [4.69, 9.17) is 10.5 Å². The van der Waals surface area contributed by atoms with E-state index >= 15 is 0 Å². The highest BCUT2D eigenvalue weighted by molar-refractivity contribution is 5.77. The largest absolute Gasteiger partial charge is 0.388 e. The molecule has 0 radical (unpaired) electrons. The van der Waals surface area contributed by atoms with Gasteiger partial charge in [0.05, 0.1) is 18.0 Å². The van der Waals surface area contributed by atoms with Crippen LogP contribution in [0, 0.1) is 0 Å². The van der Waals surface area contributed by atoms with Crippen molar-refractivity contribution in [2.24, 2.45) is 10.7 Å². The molecule has 1 atom stereocenters. The van der Waals surface area contributed by atoms with E-state index in [2.05, 4.69) is 11.9 Å². The van der Waals surface area contributed by atoms with Crippen LogP contribution in [0.5, 0.6) is 0 Å². The van der Waals surface area contributed by atoms with Crippen molar-refractivity contribution in [3.63, 3.8) is 0 Å². The van der Waals surface area contributed by atoms with Crippen molar-refractivity contribution in [3.8, 4) is 0 Å². The summed E-state index contributed by atoms with van der Waals surface area (Å²) in [6.07, 6.45) is 0.988. The number of ether oxygens (including phenoxy) is 1. The third kappa shape index (κ3) is 1.70. The first-order valence-corrected chi connectivity index (χ1v) is 3.52. The van der Waals surface area contributed by atoms with E-state index < -0.39 is 0 Å². The Labute approximate surface area is 61.3 Å². The van der Waals surface area contributed by atoms with Crippen LogP contribution in [0.3, 0.4) is 0 Å². The van der Waals surface area contributed by atoms with Crippen LogP contribution in [0.25, 0.3) is 0 Å². The minimum absolute atomic E-state index is 0.0428. The van der Waals surface area contributed by atoms with Gasteiger partial charge in [-0.1, -0.05) is 0 Å². The van der Waals surface area contributed by atoms with Crippen molar-refractivity contribution in [3.05, 3.63) is 0 Å². The zero-order valence-electron chi connectivity index (χ0n) is 6.55. The zero-order valence-corrected chi connectivity index (χ0v) is 6.55. The molecule has 1 aliphatic heterocycles. The molecular weight excluding hydrogens is 128 g/mol. The lowest BCUT2D eigenvalue weighted by Gasteiger charge is -2.15. The third-order valence-corrected chi connectivity index (χ3v) is 1.64. The number of amidine groups is 1. The van der Waals surface area contributed by atoms with E-state index in [0.29, 0.717) is 12.4 Å². The third-order valence-electron chi connectivity index (χ3n) is 1.64. The average Bonchev–Trinajstić information content (AvgIpc) is 2.12.